The van der Waals surface area contributed by atoms with Gasteiger partial charge in [0.25, 0.3) is 0 Å². The lowest BCUT2D eigenvalue weighted by Crippen LogP contribution is -2.77. The van der Waals surface area contributed by atoms with Crippen LogP contribution in [0.2, 0.25) is 0 Å². The maximum Gasteiger partial charge on any atom is 0.342 e. The van der Waals surface area contributed by atoms with Crippen LogP contribution < -0.4 is 0 Å². The molecule has 4 bridgehead atoms. The zero-order chi connectivity index (χ0) is 26.6. The summed E-state index contributed by atoms with van der Waals surface area (Å²) in [7, 11) is 0. The van der Waals surface area contributed by atoms with Crippen molar-refractivity contribution in [2.75, 3.05) is 0 Å². The van der Waals surface area contributed by atoms with E-state index in [2.05, 4.69) is 6.58 Å². The first-order chi connectivity index (χ1) is 17.2. The fraction of sp³-hybridized carbons (Fsp3) is 0.643. The van der Waals surface area contributed by atoms with Gasteiger partial charge < -0.3 is 24.4 Å². The lowest BCUT2D eigenvalue weighted by atomic mass is 9.47. The number of hydrogen-bond acceptors (Lipinski definition) is 9. The van der Waals surface area contributed by atoms with Crippen LogP contribution in [0.5, 0.6) is 0 Å². The Kier molecular flexibility index (Phi) is 4.02. The van der Waals surface area contributed by atoms with Gasteiger partial charge in [-0.2, -0.15) is 0 Å². The molecule has 37 heavy (non-hydrogen) atoms. The summed E-state index contributed by atoms with van der Waals surface area (Å²) in [5.41, 5.74) is -7.44. The molecule has 10 atom stereocenters. The van der Waals surface area contributed by atoms with Crippen LogP contribution in [0.3, 0.4) is 0 Å². The van der Waals surface area contributed by atoms with Crippen LogP contribution in [0.1, 0.15) is 52.9 Å². The normalized spacial score (nSPS) is 55.4. The molecule has 9 nitrogen and oxygen atoms in total. The topological polar surface area (TPSA) is 136 Å². The second kappa shape index (κ2) is 6.33. The van der Waals surface area contributed by atoms with Crippen molar-refractivity contribution >= 4 is 23.5 Å². The molecular formula is C28H30O9. The molecule has 0 radical (unpaired) electrons. The minimum Gasteiger partial charge on any atom is -0.455 e. The maximum atomic E-state index is 14.5. The second-order valence-corrected chi connectivity index (χ2v) is 12.6. The average molecular weight is 511 g/mol. The summed E-state index contributed by atoms with van der Waals surface area (Å²) in [5.74, 6) is -7.72. The standard InChI is InChI=1S/C28H30O9/c1-13-21(31)35-18-12-23(13,2)19-20(30)27(34)16-9-8-14-6-5-7-17(29)24(14,3)15(16)10-11-26(33)22(32)36-25(18,4)28(19,26)37-27/h5,7-8,15-16,18-19,33-34H,1,6,9-12H2,2-4H3. The van der Waals surface area contributed by atoms with Gasteiger partial charge in [-0.05, 0) is 57.9 Å². The lowest BCUT2D eigenvalue weighted by Gasteiger charge is -2.60. The zero-order valence-electron chi connectivity index (χ0n) is 21.0. The van der Waals surface area contributed by atoms with Crippen LogP contribution in [-0.4, -0.2) is 62.4 Å². The van der Waals surface area contributed by atoms with E-state index in [9.17, 15) is 29.4 Å². The predicted octanol–water partition coefficient (Wildman–Crippen LogP) is 1.46. The van der Waals surface area contributed by atoms with Crippen molar-refractivity contribution in [2.24, 2.45) is 28.6 Å². The molecule has 0 aromatic heterocycles. The van der Waals surface area contributed by atoms with Crippen LogP contribution in [0.4, 0.5) is 0 Å². The Morgan fingerprint density at radius 1 is 1.08 bits per heavy atom. The highest BCUT2D eigenvalue weighted by molar-refractivity contribution is 6.02. The number of aliphatic hydroxyl groups is 2. The first-order valence-electron chi connectivity index (χ1n) is 13.0. The Labute approximate surface area is 213 Å². The van der Waals surface area contributed by atoms with E-state index in [0.717, 1.165) is 5.57 Å². The van der Waals surface area contributed by atoms with Gasteiger partial charge in [-0.15, -0.1) is 0 Å². The van der Waals surface area contributed by atoms with Crippen LogP contribution in [0.25, 0.3) is 0 Å². The molecule has 0 amide bonds. The van der Waals surface area contributed by atoms with E-state index in [1.165, 1.54) is 13.0 Å². The molecule has 196 valence electrons. The number of carbonyl (C=O) groups excluding carboxylic acids is 4. The van der Waals surface area contributed by atoms with Crippen molar-refractivity contribution in [2.45, 2.75) is 81.6 Å². The number of carbonyl (C=O) groups is 4. The largest absolute Gasteiger partial charge is 0.455 e. The van der Waals surface area contributed by atoms with Crippen molar-refractivity contribution in [1.82, 2.24) is 0 Å². The van der Waals surface area contributed by atoms with Gasteiger partial charge in [0.05, 0.1) is 11.3 Å². The van der Waals surface area contributed by atoms with Gasteiger partial charge in [-0.3, -0.25) is 9.59 Å². The number of rotatable bonds is 0. The monoisotopic (exact) mass is 510 g/mol. The Morgan fingerprint density at radius 2 is 1.81 bits per heavy atom. The Hall–Kier alpha value is -2.62. The van der Waals surface area contributed by atoms with Crippen molar-refractivity contribution in [1.29, 1.82) is 0 Å². The van der Waals surface area contributed by atoms with Gasteiger partial charge >= 0.3 is 11.9 Å². The Bertz CT molecular complexity index is 1310. The van der Waals surface area contributed by atoms with Crippen LogP contribution in [-0.2, 0) is 33.4 Å². The third-order valence-corrected chi connectivity index (χ3v) is 11.3. The molecule has 0 aromatic rings. The number of fused-ring (bicyclic) bond motifs is 9. The van der Waals surface area contributed by atoms with Gasteiger partial charge in [0.15, 0.2) is 28.4 Å². The molecule has 5 fully saturated rings. The first-order valence-corrected chi connectivity index (χ1v) is 13.0. The van der Waals surface area contributed by atoms with Crippen molar-refractivity contribution < 1.29 is 43.6 Å². The van der Waals surface area contributed by atoms with E-state index in [4.69, 9.17) is 14.2 Å². The minimum atomic E-state index is -2.44. The smallest absolute Gasteiger partial charge is 0.342 e. The summed E-state index contributed by atoms with van der Waals surface area (Å²) in [6.07, 6.45) is 5.20. The molecule has 7 aliphatic rings. The van der Waals surface area contributed by atoms with Crippen LogP contribution in [0, 0.1) is 28.6 Å². The van der Waals surface area contributed by atoms with Gasteiger partial charge in [0.2, 0.25) is 5.79 Å². The van der Waals surface area contributed by atoms with E-state index < -0.39 is 75.0 Å². The highest BCUT2D eigenvalue weighted by Gasteiger charge is 2.91. The molecule has 0 aromatic carbocycles. The van der Waals surface area contributed by atoms with E-state index in [-0.39, 0.29) is 37.0 Å². The number of esters is 2. The molecule has 1 saturated carbocycles. The maximum absolute atomic E-state index is 14.5. The fourth-order valence-corrected chi connectivity index (χ4v) is 9.22. The Morgan fingerprint density at radius 3 is 2.54 bits per heavy atom. The molecule has 10 unspecified atom stereocenters. The molecule has 4 saturated heterocycles. The van der Waals surface area contributed by atoms with Crippen molar-refractivity contribution in [3.63, 3.8) is 0 Å². The highest BCUT2D eigenvalue weighted by atomic mass is 16.7. The summed E-state index contributed by atoms with van der Waals surface area (Å²) in [5, 5.41) is 24.6. The zero-order valence-corrected chi connectivity index (χ0v) is 21.0. The number of ether oxygens (including phenoxy) is 3. The van der Waals surface area contributed by atoms with Crippen LogP contribution in [0.15, 0.2) is 36.0 Å². The Balaban J connectivity index is 1.50. The molecule has 2 N–H and O–H groups in total. The number of Topliss-reactive ketones (excluding diaryl/α,β-unsaturated/α-hetero) is 1. The molecule has 7 rings (SSSR count). The van der Waals surface area contributed by atoms with Crippen LogP contribution >= 0.6 is 0 Å². The quantitative estimate of drug-likeness (QED) is 0.282. The molecular weight excluding hydrogens is 480 g/mol. The van der Waals surface area contributed by atoms with Crippen molar-refractivity contribution in [3.8, 4) is 0 Å². The SMILES string of the molecule is C=C1C(=O)OC2CC1(C)C1C(=O)C3(O)OC14C(O)(CCC1C3CC=C3CC=CC(=O)C31C)C(=O)OC24C. The molecule has 3 aliphatic carbocycles. The summed E-state index contributed by atoms with van der Waals surface area (Å²) in [4.78, 5) is 54.3. The molecule has 4 aliphatic heterocycles. The van der Waals surface area contributed by atoms with Crippen molar-refractivity contribution in [3.05, 3.63) is 36.0 Å². The van der Waals surface area contributed by atoms with E-state index in [1.807, 2.05) is 6.08 Å². The average Bonchev–Trinajstić information content (AvgIpc) is 3.19. The number of allylic oxidation sites excluding steroid dienone is 4. The van der Waals surface area contributed by atoms with Gasteiger partial charge in [-0.1, -0.05) is 31.2 Å². The molecule has 4 heterocycles. The molecule has 9 heteroatoms. The number of hydrogen-bond donors (Lipinski definition) is 2. The second-order valence-electron chi connectivity index (χ2n) is 12.6. The summed E-state index contributed by atoms with van der Waals surface area (Å²) in [6.45, 7) is 8.91. The van der Waals surface area contributed by atoms with Gasteiger partial charge in [0, 0.05) is 16.9 Å². The van der Waals surface area contributed by atoms with E-state index >= 15 is 0 Å². The highest BCUT2D eigenvalue weighted by Crippen LogP contribution is 2.73. The third-order valence-electron chi connectivity index (χ3n) is 11.3. The molecule has 1 spiro atoms. The minimum absolute atomic E-state index is 0.0271. The van der Waals surface area contributed by atoms with E-state index in [0.29, 0.717) is 6.42 Å². The summed E-state index contributed by atoms with van der Waals surface area (Å²) >= 11 is 0. The number of ketones is 2. The summed E-state index contributed by atoms with van der Waals surface area (Å²) in [6, 6.07) is 0. The lowest BCUT2D eigenvalue weighted by molar-refractivity contribution is -0.339. The predicted molar refractivity (Wildman–Crippen MR) is 124 cm³/mol. The summed E-state index contributed by atoms with van der Waals surface area (Å²) < 4.78 is 18.0. The van der Waals surface area contributed by atoms with Gasteiger partial charge in [0.1, 0.15) is 6.10 Å². The first kappa shape index (κ1) is 23.5. The van der Waals surface area contributed by atoms with Gasteiger partial charge in [-0.25, -0.2) is 9.59 Å². The fourth-order valence-electron chi connectivity index (χ4n) is 9.22. The van der Waals surface area contributed by atoms with E-state index in [1.54, 1.807) is 19.9 Å². The third kappa shape index (κ3) is 2.12.